The first-order valence-electron chi connectivity index (χ1n) is 9.85. The summed E-state index contributed by atoms with van der Waals surface area (Å²) in [6.45, 7) is -0.204. The normalized spacial score (nSPS) is 18.1. The van der Waals surface area contributed by atoms with Crippen LogP contribution in [0.15, 0.2) is 0 Å². The predicted molar refractivity (Wildman–Crippen MR) is 99.9 cm³/mol. The quantitative estimate of drug-likeness (QED) is 0.266. The summed E-state index contributed by atoms with van der Waals surface area (Å²) in [5.41, 5.74) is 0.344. The first-order valence-corrected chi connectivity index (χ1v) is 10.2. The lowest BCUT2D eigenvalue weighted by Crippen LogP contribution is -2.38. The van der Waals surface area contributed by atoms with Gasteiger partial charge in [-0.3, -0.25) is 14.8 Å². The number of hydrogen-bond donors (Lipinski definition) is 2. The Morgan fingerprint density at radius 2 is 1.93 bits per heavy atom. The van der Waals surface area contributed by atoms with Crippen molar-refractivity contribution >= 4 is 23.9 Å². The van der Waals surface area contributed by atoms with Gasteiger partial charge in [-0.25, -0.2) is 19.4 Å². The highest BCUT2D eigenvalue weighted by molar-refractivity contribution is 6.28. The first kappa shape index (κ1) is 20.9. The maximum atomic E-state index is 14.7. The second-order valence-electron chi connectivity index (χ2n) is 7.88. The third kappa shape index (κ3) is 5.85. The van der Waals surface area contributed by atoms with Crippen molar-refractivity contribution in [1.82, 2.24) is 20.3 Å². The lowest BCUT2D eigenvalue weighted by Gasteiger charge is -2.22. The van der Waals surface area contributed by atoms with E-state index >= 15 is 0 Å². The molecule has 1 aromatic heterocycles. The number of amides is 2. The van der Waals surface area contributed by atoms with E-state index < -0.39 is 11.7 Å². The van der Waals surface area contributed by atoms with E-state index in [0.29, 0.717) is 29.7 Å². The largest absolute Gasteiger partial charge is 0.350 e. The number of halogens is 2. The molecule has 1 aromatic rings. The summed E-state index contributed by atoms with van der Waals surface area (Å²) in [6.07, 6.45) is 7.84. The molecule has 0 saturated heterocycles. The molecule has 1 atom stereocenters. The Morgan fingerprint density at radius 3 is 2.57 bits per heavy atom. The van der Waals surface area contributed by atoms with E-state index in [1.165, 1.54) is 0 Å². The van der Waals surface area contributed by atoms with Crippen LogP contribution in [0.3, 0.4) is 0 Å². The standard InChI is InChI=1S/C19H26ClFN4O3/c20-19-23-15(8-13-5-6-13)17(21)16(24-19)9-22-18(27)14(10-25(28)11-26)7-12-3-1-2-4-12/h11-14,28H,1-10H2,(H,22,27)/t14-/m1/s1. The highest BCUT2D eigenvalue weighted by Crippen LogP contribution is 2.33. The molecule has 2 fully saturated rings. The molecule has 0 aromatic carbocycles. The molecule has 2 aliphatic rings. The van der Waals surface area contributed by atoms with E-state index in [0.717, 1.165) is 38.5 Å². The lowest BCUT2D eigenvalue weighted by molar-refractivity contribution is -0.155. The van der Waals surface area contributed by atoms with Gasteiger partial charge in [0.25, 0.3) is 0 Å². The second-order valence-corrected chi connectivity index (χ2v) is 8.21. The van der Waals surface area contributed by atoms with Gasteiger partial charge < -0.3 is 5.32 Å². The molecule has 0 bridgehead atoms. The maximum absolute atomic E-state index is 14.7. The van der Waals surface area contributed by atoms with Crippen molar-refractivity contribution in [3.63, 3.8) is 0 Å². The monoisotopic (exact) mass is 412 g/mol. The fourth-order valence-electron chi connectivity index (χ4n) is 3.86. The molecule has 2 saturated carbocycles. The summed E-state index contributed by atoms with van der Waals surface area (Å²) in [5, 5.41) is 12.7. The van der Waals surface area contributed by atoms with Crippen molar-refractivity contribution in [2.45, 2.75) is 57.9 Å². The minimum atomic E-state index is -0.565. The third-order valence-corrected chi connectivity index (χ3v) is 5.73. The molecular formula is C19H26ClFN4O3. The topological polar surface area (TPSA) is 95.4 Å². The van der Waals surface area contributed by atoms with Crippen molar-refractivity contribution in [2.24, 2.45) is 17.8 Å². The van der Waals surface area contributed by atoms with E-state index in [-0.39, 0.29) is 42.1 Å². The van der Waals surface area contributed by atoms with E-state index in [1.807, 2.05) is 0 Å². The smallest absolute Gasteiger partial charge is 0.233 e. The SMILES string of the molecule is O=CN(O)C[C@@H](CC1CCCC1)C(=O)NCc1nc(Cl)nc(CC2CC2)c1F. The zero-order chi connectivity index (χ0) is 20.1. The molecule has 2 amide bonds. The average Bonchev–Trinajstić information content (AvgIpc) is 3.34. The summed E-state index contributed by atoms with van der Waals surface area (Å²) in [4.78, 5) is 31.3. The Hall–Kier alpha value is -1.80. The molecule has 0 spiro atoms. The molecule has 154 valence electrons. The fraction of sp³-hybridized carbons (Fsp3) is 0.684. The van der Waals surface area contributed by atoms with Crippen LogP contribution in [0.5, 0.6) is 0 Å². The molecule has 9 heteroatoms. The molecule has 3 rings (SSSR count). The number of aromatic nitrogens is 2. The van der Waals surface area contributed by atoms with Crippen LogP contribution in [0.25, 0.3) is 0 Å². The van der Waals surface area contributed by atoms with Crippen LogP contribution in [-0.2, 0) is 22.6 Å². The van der Waals surface area contributed by atoms with Crippen LogP contribution in [0.1, 0.15) is 56.3 Å². The Labute approximate surface area is 168 Å². The predicted octanol–water partition coefficient (Wildman–Crippen LogP) is 2.88. The van der Waals surface area contributed by atoms with Crippen LogP contribution in [-0.4, -0.2) is 39.1 Å². The Bertz CT molecular complexity index is 711. The number of carbonyl (C=O) groups excluding carboxylic acids is 2. The van der Waals surface area contributed by atoms with Crippen molar-refractivity contribution in [3.8, 4) is 0 Å². The van der Waals surface area contributed by atoms with Crippen molar-refractivity contribution in [2.75, 3.05) is 6.54 Å². The van der Waals surface area contributed by atoms with Gasteiger partial charge in [-0.15, -0.1) is 0 Å². The number of rotatable bonds is 10. The summed E-state index contributed by atoms with van der Waals surface area (Å²) >= 11 is 5.92. The van der Waals surface area contributed by atoms with Crippen molar-refractivity contribution in [3.05, 3.63) is 22.5 Å². The minimum Gasteiger partial charge on any atom is -0.350 e. The Morgan fingerprint density at radius 1 is 1.25 bits per heavy atom. The van der Waals surface area contributed by atoms with Gasteiger partial charge in [-0.2, -0.15) is 0 Å². The number of nitrogens with zero attached hydrogens (tertiary/aromatic N) is 3. The van der Waals surface area contributed by atoms with Gasteiger partial charge in [0, 0.05) is 0 Å². The molecule has 0 unspecified atom stereocenters. The fourth-order valence-corrected chi connectivity index (χ4v) is 4.06. The third-order valence-electron chi connectivity index (χ3n) is 5.56. The second kappa shape index (κ2) is 9.60. The molecule has 1 heterocycles. The van der Waals surface area contributed by atoms with Gasteiger partial charge in [0.15, 0.2) is 5.82 Å². The lowest BCUT2D eigenvalue weighted by atomic mass is 9.92. The zero-order valence-electron chi connectivity index (χ0n) is 15.7. The molecule has 0 aliphatic heterocycles. The minimum absolute atomic E-state index is 0.0358. The average molecular weight is 413 g/mol. The maximum Gasteiger partial charge on any atom is 0.233 e. The number of nitrogens with one attached hydrogen (secondary N) is 1. The van der Waals surface area contributed by atoms with Gasteiger partial charge in [0.1, 0.15) is 5.69 Å². The van der Waals surface area contributed by atoms with E-state index in [1.54, 1.807) is 0 Å². The first-order chi connectivity index (χ1) is 13.5. The summed E-state index contributed by atoms with van der Waals surface area (Å²) < 4.78 is 14.7. The molecule has 0 radical (unpaired) electrons. The van der Waals surface area contributed by atoms with Gasteiger partial charge in [0.05, 0.1) is 24.7 Å². The Balaban J connectivity index is 1.63. The summed E-state index contributed by atoms with van der Waals surface area (Å²) in [6, 6.07) is 0. The zero-order valence-corrected chi connectivity index (χ0v) is 16.5. The van der Waals surface area contributed by atoms with Crippen LogP contribution in [0.4, 0.5) is 4.39 Å². The van der Waals surface area contributed by atoms with E-state index in [4.69, 9.17) is 11.6 Å². The van der Waals surface area contributed by atoms with Gasteiger partial charge in [-0.05, 0) is 49.1 Å². The van der Waals surface area contributed by atoms with Gasteiger partial charge in [0.2, 0.25) is 17.6 Å². The number of hydrogen-bond acceptors (Lipinski definition) is 5. The number of carbonyl (C=O) groups is 2. The van der Waals surface area contributed by atoms with Crippen LogP contribution < -0.4 is 5.32 Å². The van der Waals surface area contributed by atoms with E-state index in [9.17, 15) is 19.2 Å². The number of hydroxylamine groups is 2. The van der Waals surface area contributed by atoms with E-state index in [2.05, 4.69) is 15.3 Å². The molecular weight excluding hydrogens is 387 g/mol. The van der Waals surface area contributed by atoms with Crippen LogP contribution in [0.2, 0.25) is 5.28 Å². The Kier molecular flexibility index (Phi) is 7.18. The van der Waals surface area contributed by atoms with Crippen LogP contribution >= 0.6 is 11.6 Å². The van der Waals surface area contributed by atoms with Crippen molar-refractivity contribution < 1.29 is 19.2 Å². The molecule has 7 nitrogen and oxygen atoms in total. The summed E-state index contributed by atoms with van der Waals surface area (Å²) in [7, 11) is 0. The highest BCUT2D eigenvalue weighted by Gasteiger charge is 2.28. The van der Waals surface area contributed by atoms with Crippen molar-refractivity contribution in [1.29, 1.82) is 0 Å². The molecule has 2 aliphatic carbocycles. The van der Waals surface area contributed by atoms with Gasteiger partial charge in [-0.1, -0.05) is 25.7 Å². The summed E-state index contributed by atoms with van der Waals surface area (Å²) in [5.74, 6) is -0.598. The van der Waals surface area contributed by atoms with Crippen LogP contribution in [0, 0.1) is 23.6 Å². The highest BCUT2D eigenvalue weighted by atomic mass is 35.5. The molecule has 2 N–H and O–H groups in total. The van der Waals surface area contributed by atoms with Gasteiger partial charge >= 0.3 is 0 Å². The molecule has 28 heavy (non-hydrogen) atoms.